The standard InChI is InChI=1S/C9H19NO/c1-8-7-9(2,3)11-6-5-10(8)4/h8H,5-7H2,1-4H3. The molecule has 1 aliphatic rings. The van der Waals surface area contributed by atoms with Crippen molar-refractivity contribution in [2.24, 2.45) is 0 Å². The maximum atomic E-state index is 5.69. The lowest BCUT2D eigenvalue weighted by Crippen LogP contribution is -2.32. The highest BCUT2D eigenvalue weighted by atomic mass is 16.5. The molecule has 0 bridgehead atoms. The summed E-state index contributed by atoms with van der Waals surface area (Å²) in [5, 5.41) is 0. The van der Waals surface area contributed by atoms with E-state index >= 15 is 0 Å². The van der Waals surface area contributed by atoms with Gasteiger partial charge in [-0.05, 0) is 34.2 Å². The average molecular weight is 157 g/mol. The summed E-state index contributed by atoms with van der Waals surface area (Å²) in [4.78, 5) is 2.36. The van der Waals surface area contributed by atoms with Crippen molar-refractivity contribution in [2.45, 2.75) is 38.8 Å². The molecule has 0 spiro atoms. The van der Waals surface area contributed by atoms with E-state index in [0.717, 1.165) is 19.6 Å². The van der Waals surface area contributed by atoms with Gasteiger partial charge in [0.25, 0.3) is 0 Å². The first-order valence-electron chi connectivity index (χ1n) is 4.35. The predicted octanol–water partition coefficient (Wildman–Crippen LogP) is 1.51. The lowest BCUT2D eigenvalue weighted by atomic mass is 10.00. The minimum absolute atomic E-state index is 0.0736. The quantitative estimate of drug-likeness (QED) is 0.528. The first kappa shape index (κ1) is 9.01. The van der Waals surface area contributed by atoms with Gasteiger partial charge in [0, 0.05) is 12.6 Å². The zero-order chi connectivity index (χ0) is 8.48. The minimum Gasteiger partial charge on any atom is -0.374 e. The molecule has 0 radical (unpaired) electrons. The Morgan fingerprint density at radius 3 is 2.73 bits per heavy atom. The third-order valence-corrected chi connectivity index (χ3v) is 2.48. The normalized spacial score (nSPS) is 33.3. The fourth-order valence-corrected chi connectivity index (χ4v) is 1.61. The highest BCUT2D eigenvalue weighted by Crippen LogP contribution is 2.21. The van der Waals surface area contributed by atoms with Gasteiger partial charge in [-0.1, -0.05) is 0 Å². The van der Waals surface area contributed by atoms with Crippen LogP contribution in [-0.2, 0) is 4.74 Å². The van der Waals surface area contributed by atoms with Crippen molar-refractivity contribution in [1.82, 2.24) is 4.90 Å². The molecule has 2 heteroatoms. The van der Waals surface area contributed by atoms with E-state index in [1.54, 1.807) is 0 Å². The van der Waals surface area contributed by atoms with Crippen LogP contribution in [0.25, 0.3) is 0 Å². The van der Waals surface area contributed by atoms with Crippen molar-refractivity contribution in [2.75, 3.05) is 20.2 Å². The number of hydrogen-bond acceptors (Lipinski definition) is 2. The monoisotopic (exact) mass is 157 g/mol. The molecule has 1 saturated heterocycles. The van der Waals surface area contributed by atoms with E-state index in [1.165, 1.54) is 0 Å². The molecule has 0 aromatic carbocycles. The van der Waals surface area contributed by atoms with Gasteiger partial charge in [-0.3, -0.25) is 0 Å². The predicted molar refractivity (Wildman–Crippen MR) is 46.7 cm³/mol. The lowest BCUT2D eigenvalue weighted by molar-refractivity contribution is -0.0108. The lowest BCUT2D eigenvalue weighted by Gasteiger charge is -2.26. The topological polar surface area (TPSA) is 12.5 Å². The van der Waals surface area contributed by atoms with E-state index in [2.05, 4.69) is 32.7 Å². The molecule has 1 atom stereocenters. The molecule has 1 fully saturated rings. The average Bonchev–Trinajstić information content (AvgIpc) is 1.93. The molecule has 0 aromatic heterocycles. The zero-order valence-corrected chi connectivity index (χ0v) is 8.05. The van der Waals surface area contributed by atoms with Gasteiger partial charge in [0.05, 0.1) is 12.2 Å². The smallest absolute Gasteiger partial charge is 0.0641 e. The van der Waals surface area contributed by atoms with Crippen molar-refractivity contribution < 1.29 is 4.74 Å². The highest BCUT2D eigenvalue weighted by Gasteiger charge is 2.26. The molecular weight excluding hydrogens is 138 g/mol. The number of likely N-dealkylation sites (N-methyl/N-ethyl adjacent to an activating group) is 1. The van der Waals surface area contributed by atoms with Crippen molar-refractivity contribution in [3.63, 3.8) is 0 Å². The molecule has 2 nitrogen and oxygen atoms in total. The summed E-state index contributed by atoms with van der Waals surface area (Å²) in [5.74, 6) is 0. The minimum atomic E-state index is 0.0736. The summed E-state index contributed by atoms with van der Waals surface area (Å²) >= 11 is 0. The van der Waals surface area contributed by atoms with Crippen LogP contribution in [0, 0.1) is 0 Å². The molecular formula is C9H19NO. The molecule has 11 heavy (non-hydrogen) atoms. The summed E-state index contributed by atoms with van der Waals surface area (Å²) in [6.07, 6.45) is 1.13. The first-order valence-corrected chi connectivity index (χ1v) is 4.35. The van der Waals surface area contributed by atoms with E-state index in [9.17, 15) is 0 Å². The summed E-state index contributed by atoms with van der Waals surface area (Å²) in [6, 6.07) is 0.646. The molecule has 0 saturated carbocycles. The van der Waals surface area contributed by atoms with E-state index in [-0.39, 0.29) is 5.60 Å². The largest absolute Gasteiger partial charge is 0.374 e. The molecule has 0 N–H and O–H groups in total. The Morgan fingerprint density at radius 1 is 1.45 bits per heavy atom. The molecule has 66 valence electrons. The van der Waals surface area contributed by atoms with Crippen molar-refractivity contribution in [3.8, 4) is 0 Å². The Hall–Kier alpha value is -0.0800. The van der Waals surface area contributed by atoms with Crippen LogP contribution in [0.1, 0.15) is 27.2 Å². The van der Waals surface area contributed by atoms with Crippen LogP contribution in [0.4, 0.5) is 0 Å². The molecule has 1 aliphatic heterocycles. The number of nitrogens with zero attached hydrogens (tertiary/aromatic N) is 1. The Bertz CT molecular complexity index is 134. The maximum absolute atomic E-state index is 5.69. The second-order valence-electron chi connectivity index (χ2n) is 4.14. The maximum Gasteiger partial charge on any atom is 0.0641 e. The molecule has 0 aliphatic carbocycles. The molecule has 0 amide bonds. The fourth-order valence-electron chi connectivity index (χ4n) is 1.61. The van der Waals surface area contributed by atoms with Gasteiger partial charge in [-0.15, -0.1) is 0 Å². The molecule has 0 aromatic rings. The van der Waals surface area contributed by atoms with Crippen molar-refractivity contribution in [3.05, 3.63) is 0 Å². The summed E-state index contributed by atoms with van der Waals surface area (Å²) in [5.41, 5.74) is 0.0736. The third-order valence-electron chi connectivity index (χ3n) is 2.48. The van der Waals surface area contributed by atoms with Gasteiger partial charge in [0.1, 0.15) is 0 Å². The number of hydrogen-bond donors (Lipinski definition) is 0. The first-order chi connectivity index (χ1) is 5.01. The number of ether oxygens (including phenoxy) is 1. The number of rotatable bonds is 0. The van der Waals surface area contributed by atoms with E-state index in [0.29, 0.717) is 6.04 Å². The van der Waals surface area contributed by atoms with Gasteiger partial charge < -0.3 is 9.64 Å². The second kappa shape index (κ2) is 3.11. The Labute approximate surface area is 69.5 Å². The molecule has 1 unspecified atom stereocenters. The van der Waals surface area contributed by atoms with Gasteiger partial charge >= 0.3 is 0 Å². The second-order valence-corrected chi connectivity index (χ2v) is 4.14. The zero-order valence-electron chi connectivity index (χ0n) is 8.05. The van der Waals surface area contributed by atoms with E-state index < -0.39 is 0 Å². The van der Waals surface area contributed by atoms with Gasteiger partial charge in [-0.25, -0.2) is 0 Å². The van der Waals surface area contributed by atoms with Gasteiger partial charge in [0.15, 0.2) is 0 Å². The van der Waals surface area contributed by atoms with Gasteiger partial charge in [0.2, 0.25) is 0 Å². The van der Waals surface area contributed by atoms with Crippen LogP contribution in [0.3, 0.4) is 0 Å². The Morgan fingerprint density at radius 2 is 2.09 bits per heavy atom. The summed E-state index contributed by atoms with van der Waals surface area (Å²) in [6.45, 7) is 8.53. The van der Waals surface area contributed by atoms with Crippen molar-refractivity contribution in [1.29, 1.82) is 0 Å². The van der Waals surface area contributed by atoms with E-state index in [1.807, 2.05) is 0 Å². The highest BCUT2D eigenvalue weighted by molar-refractivity contribution is 4.79. The summed E-state index contributed by atoms with van der Waals surface area (Å²) in [7, 11) is 2.16. The summed E-state index contributed by atoms with van der Waals surface area (Å²) < 4.78 is 5.69. The van der Waals surface area contributed by atoms with Crippen LogP contribution in [-0.4, -0.2) is 36.7 Å². The molecule has 1 rings (SSSR count). The third kappa shape index (κ3) is 2.46. The van der Waals surface area contributed by atoms with Crippen LogP contribution < -0.4 is 0 Å². The van der Waals surface area contributed by atoms with Crippen molar-refractivity contribution >= 4 is 0 Å². The van der Waals surface area contributed by atoms with Crippen LogP contribution >= 0.6 is 0 Å². The fraction of sp³-hybridized carbons (Fsp3) is 1.00. The van der Waals surface area contributed by atoms with Crippen LogP contribution in [0.5, 0.6) is 0 Å². The van der Waals surface area contributed by atoms with Crippen LogP contribution in [0.2, 0.25) is 0 Å². The van der Waals surface area contributed by atoms with Crippen LogP contribution in [0.15, 0.2) is 0 Å². The Kier molecular flexibility index (Phi) is 2.55. The molecule has 1 heterocycles. The van der Waals surface area contributed by atoms with Gasteiger partial charge in [-0.2, -0.15) is 0 Å². The van der Waals surface area contributed by atoms with E-state index in [4.69, 9.17) is 4.74 Å². The Balaban J connectivity index is 2.55. The SMILES string of the molecule is CC1CC(C)(C)OCCN1C.